The molecule has 0 aromatic heterocycles. The van der Waals surface area contributed by atoms with E-state index in [0.717, 1.165) is 85.2 Å². The van der Waals surface area contributed by atoms with Crippen molar-refractivity contribution < 1.29 is 28.6 Å². The Bertz CT molecular complexity index is 1810. The molecule has 4 aliphatic rings. The summed E-state index contributed by atoms with van der Waals surface area (Å²) in [6.07, 6.45) is 25.6. The number of ether oxygens (including phenoxy) is 3. The fraction of sp³-hybridized carbons (Fsp3) is 0.810. The monoisotopic (exact) mass is 996 g/mol. The number of methoxy groups -OCH3 is 1. The molecule has 0 radical (unpaired) electrons. The average Bonchev–Trinajstić information content (AvgIpc) is 3.61. The van der Waals surface area contributed by atoms with Crippen LogP contribution in [-0.2, 0) is 20.9 Å². The van der Waals surface area contributed by atoms with Gasteiger partial charge in [0.2, 0.25) is 5.91 Å². The van der Waals surface area contributed by atoms with Crippen LogP contribution in [0.15, 0.2) is 35.9 Å². The van der Waals surface area contributed by atoms with E-state index in [9.17, 15) is 14.4 Å². The Hall–Kier alpha value is -2.53. The van der Waals surface area contributed by atoms with Gasteiger partial charge in [-0.15, -0.1) is 0 Å². The van der Waals surface area contributed by atoms with Crippen molar-refractivity contribution in [3.8, 4) is 5.75 Å². The molecule has 2 N–H and O–H groups in total. The van der Waals surface area contributed by atoms with E-state index in [2.05, 4.69) is 44.4 Å². The molecule has 69 heavy (non-hydrogen) atoms. The van der Waals surface area contributed by atoms with E-state index in [4.69, 9.17) is 14.2 Å². The number of amides is 3. The fourth-order valence-corrected chi connectivity index (χ4v) is 15.3. The molecule has 0 saturated heterocycles. The van der Waals surface area contributed by atoms with Crippen LogP contribution in [0.1, 0.15) is 210 Å². The third-order valence-electron chi connectivity index (χ3n) is 16.8. The molecule has 392 valence electrons. The molecule has 0 bridgehead atoms. The molecular weight excluding hydrogens is 899 g/mol. The highest BCUT2D eigenvalue weighted by Gasteiger charge is 2.58. The maximum atomic E-state index is 13.9. The second-order valence-electron chi connectivity index (χ2n) is 24.9. The first kappa shape index (κ1) is 57.4. The van der Waals surface area contributed by atoms with Crippen LogP contribution < -0.4 is 15.4 Å². The smallest absolute Gasteiger partial charge is 0.408 e. The Morgan fingerprint density at radius 2 is 1.49 bits per heavy atom. The zero-order chi connectivity index (χ0) is 50.5. The van der Waals surface area contributed by atoms with E-state index in [1.165, 1.54) is 77.0 Å². The Kier molecular flexibility index (Phi) is 21.5. The van der Waals surface area contributed by atoms with Gasteiger partial charge in [0.1, 0.15) is 18.0 Å². The van der Waals surface area contributed by atoms with Crippen LogP contribution in [0.25, 0.3) is 0 Å². The van der Waals surface area contributed by atoms with Crippen molar-refractivity contribution >= 4 is 39.7 Å². The first-order valence-electron chi connectivity index (χ1n) is 27.4. The third kappa shape index (κ3) is 17.6. The number of alkyl carbamates (subject to hydrolysis) is 2. The number of rotatable bonds is 26. The number of hydrogen-bond acceptors (Lipinski definition) is 8. The predicted octanol–water partition coefficient (Wildman–Crippen LogP) is 15.5. The molecule has 4 aliphatic carbocycles. The summed E-state index contributed by atoms with van der Waals surface area (Å²) in [5.41, 5.74) is 2.11. The Morgan fingerprint density at radius 3 is 2.20 bits per heavy atom. The molecule has 1 aromatic rings. The summed E-state index contributed by atoms with van der Waals surface area (Å²) in [5, 5.41) is 6.69. The second-order valence-corrected chi connectivity index (χ2v) is 27.7. The first-order valence-corrected chi connectivity index (χ1v) is 29.8. The zero-order valence-corrected chi connectivity index (χ0v) is 47.2. The van der Waals surface area contributed by atoms with Gasteiger partial charge in [-0.05, 0) is 184 Å². The lowest BCUT2D eigenvalue weighted by atomic mass is 9.47. The fourth-order valence-electron chi connectivity index (χ4n) is 12.7. The van der Waals surface area contributed by atoms with Gasteiger partial charge in [0, 0.05) is 41.6 Å². The van der Waals surface area contributed by atoms with Gasteiger partial charge in [-0.2, -0.15) is 0 Å². The summed E-state index contributed by atoms with van der Waals surface area (Å²) in [6.45, 7) is 25.3. The number of unbranched alkanes of at least 4 members (excludes halogenated alkanes) is 5. The van der Waals surface area contributed by atoms with Gasteiger partial charge < -0.3 is 29.7 Å². The summed E-state index contributed by atoms with van der Waals surface area (Å²) < 4.78 is 16.3. The van der Waals surface area contributed by atoms with E-state index in [-0.39, 0.29) is 18.1 Å². The van der Waals surface area contributed by atoms with Crippen LogP contribution in [0, 0.1) is 40.4 Å². The maximum Gasteiger partial charge on any atom is 0.408 e. The van der Waals surface area contributed by atoms with Crippen LogP contribution in [0.2, 0.25) is 0 Å². The average molecular weight is 997 g/mol. The number of nitrogens with zero attached hydrogens (tertiary/aromatic N) is 1. The van der Waals surface area contributed by atoms with Crippen molar-refractivity contribution in [2.45, 2.75) is 233 Å². The third-order valence-corrected chi connectivity index (χ3v) is 19.7. The van der Waals surface area contributed by atoms with Crippen LogP contribution in [-0.4, -0.2) is 70.9 Å². The lowest BCUT2D eigenvalue weighted by Crippen LogP contribution is -2.50. The molecule has 0 aliphatic heterocycles. The molecule has 0 heterocycles. The highest BCUT2D eigenvalue weighted by molar-refractivity contribution is 8.76. The summed E-state index contributed by atoms with van der Waals surface area (Å²) in [6, 6.07) is 7.50. The van der Waals surface area contributed by atoms with E-state index in [1.54, 1.807) is 12.7 Å². The van der Waals surface area contributed by atoms with Crippen molar-refractivity contribution in [2.75, 3.05) is 26.0 Å². The normalized spacial score (nSPS) is 25.8. The van der Waals surface area contributed by atoms with E-state index in [0.29, 0.717) is 42.0 Å². The molecule has 11 heteroatoms. The molecule has 3 saturated carbocycles. The minimum absolute atomic E-state index is 0.203. The van der Waals surface area contributed by atoms with Crippen LogP contribution >= 0.6 is 21.6 Å². The van der Waals surface area contributed by atoms with Gasteiger partial charge in [0.05, 0.1) is 7.11 Å². The van der Waals surface area contributed by atoms with Crippen molar-refractivity contribution in [1.82, 2.24) is 15.5 Å². The number of carbonyl (C=O) groups excluding carboxylic acids is 3. The number of benzene rings is 1. The van der Waals surface area contributed by atoms with E-state index >= 15 is 0 Å². The van der Waals surface area contributed by atoms with Crippen molar-refractivity contribution in [3.63, 3.8) is 0 Å². The zero-order valence-electron chi connectivity index (χ0n) is 45.5. The van der Waals surface area contributed by atoms with Crippen LogP contribution in [0.4, 0.5) is 9.59 Å². The van der Waals surface area contributed by atoms with Gasteiger partial charge in [0.15, 0.2) is 0 Å². The van der Waals surface area contributed by atoms with Crippen LogP contribution in [0.5, 0.6) is 5.75 Å². The van der Waals surface area contributed by atoms with Gasteiger partial charge in [-0.25, -0.2) is 9.59 Å². The summed E-state index contributed by atoms with van der Waals surface area (Å²) in [4.78, 5) is 41.3. The standard InChI is InChI=1S/C58H97N3O6S2/c1-42(2)20-16-17-21-44-25-29-49-48-28-24-45-40-47(30-34-58(45,11)50(48)31-35-57(44,49)10)69-68-39-32-51(62)61(38-36-56(8,9)60-53(64)67-54(3,4)5)37-19-15-13-14-18-33-55(6,7)59-52(63)66-41-43-22-26-46(65-12)27-23-43/h22-24,26-27,42,44,47-50H,13-21,25,28-41H2,1-12H3,(H,59,63)(H,60,64). The van der Waals surface area contributed by atoms with Gasteiger partial charge in [0.25, 0.3) is 0 Å². The SMILES string of the molecule is COc1ccc(COC(=O)NC(C)(C)CCCCCCCN(CCC(C)(C)NC(=O)OC(C)(C)C)C(=O)CCSSC2CCC3(C)C(=CCC4C3CCC3(C)C(CCCCC(C)C)CCC43)C2)cc1. The lowest BCUT2D eigenvalue weighted by molar-refractivity contribution is -0.131. The van der Waals surface area contributed by atoms with E-state index in [1.807, 2.05) is 99.2 Å². The van der Waals surface area contributed by atoms with Crippen molar-refractivity contribution in [3.05, 3.63) is 41.5 Å². The molecule has 7 atom stereocenters. The molecule has 3 amide bonds. The number of allylic oxidation sites excluding steroid dienone is 2. The summed E-state index contributed by atoms with van der Waals surface area (Å²) >= 11 is 0. The molecule has 3 fully saturated rings. The molecule has 5 rings (SSSR count). The Labute approximate surface area is 428 Å². The van der Waals surface area contributed by atoms with Crippen molar-refractivity contribution in [1.29, 1.82) is 0 Å². The number of hydrogen-bond donors (Lipinski definition) is 2. The maximum absolute atomic E-state index is 13.9. The Balaban J connectivity index is 1.04. The largest absolute Gasteiger partial charge is 0.497 e. The van der Waals surface area contributed by atoms with Crippen molar-refractivity contribution in [2.24, 2.45) is 40.4 Å². The van der Waals surface area contributed by atoms with E-state index < -0.39 is 23.3 Å². The molecule has 1 aromatic carbocycles. The number of carbonyl (C=O) groups is 3. The Morgan fingerprint density at radius 1 is 0.797 bits per heavy atom. The number of nitrogens with one attached hydrogen (secondary N) is 2. The molecular formula is C58H97N3O6S2. The summed E-state index contributed by atoms with van der Waals surface area (Å²) in [5.74, 6) is 6.19. The quantitative estimate of drug-likeness (QED) is 0.0537. The molecule has 7 unspecified atom stereocenters. The minimum Gasteiger partial charge on any atom is -0.497 e. The minimum atomic E-state index is -0.578. The second kappa shape index (κ2) is 25.9. The van der Waals surface area contributed by atoms with Gasteiger partial charge in [-0.3, -0.25) is 4.79 Å². The predicted molar refractivity (Wildman–Crippen MR) is 290 cm³/mol. The van der Waals surface area contributed by atoms with Gasteiger partial charge in [-0.1, -0.05) is 118 Å². The number of fused-ring (bicyclic) bond motifs is 5. The highest BCUT2D eigenvalue weighted by atomic mass is 33.1. The molecule has 9 nitrogen and oxygen atoms in total. The van der Waals surface area contributed by atoms with Gasteiger partial charge >= 0.3 is 12.2 Å². The van der Waals surface area contributed by atoms with Crippen LogP contribution in [0.3, 0.4) is 0 Å². The molecule has 0 spiro atoms. The highest BCUT2D eigenvalue weighted by Crippen LogP contribution is 2.67. The topological polar surface area (TPSA) is 106 Å². The summed E-state index contributed by atoms with van der Waals surface area (Å²) in [7, 11) is 5.57. The first-order chi connectivity index (χ1) is 32.5. The lowest BCUT2D eigenvalue weighted by Gasteiger charge is -2.58.